The molecule has 0 bridgehead atoms. The number of nitrogens with one attached hydrogen (secondary N) is 1. The van der Waals surface area contributed by atoms with E-state index in [-0.39, 0.29) is 5.82 Å². The van der Waals surface area contributed by atoms with Crippen molar-refractivity contribution in [1.29, 1.82) is 0 Å². The van der Waals surface area contributed by atoms with Crippen LogP contribution in [0.4, 0.5) is 10.1 Å². The van der Waals surface area contributed by atoms with Crippen molar-refractivity contribution in [3.05, 3.63) is 30.1 Å². The Morgan fingerprint density at radius 1 is 1.10 bits per heavy atom. The Morgan fingerprint density at radius 3 is 2.61 bits per heavy atom. The highest BCUT2D eigenvalue weighted by atomic mass is 32.2. The lowest BCUT2D eigenvalue weighted by Gasteiger charge is -2.42. The number of benzene rings is 1. The number of halogens is 1. The third-order valence-corrected chi connectivity index (χ3v) is 8.91. The van der Waals surface area contributed by atoms with E-state index < -0.39 is 0 Å². The predicted molar refractivity (Wildman–Crippen MR) is 138 cm³/mol. The number of hydrogen-bond acceptors (Lipinski definition) is 2. The van der Waals surface area contributed by atoms with E-state index in [2.05, 4.69) is 24.1 Å². The molecule has 3 rings (SSSR count). The standard InChI is InChI=1S/C26H41FN2S2/c1-3-21-9-4-5-10-22(12-6-11-21)13-7-16-25-29(20(2)17-18-31-25)26(30)28-24-15-8-14-23(27)19-24/h8,14-15,19-22,25H,3-7,9-13,16-18H2,1-2H3,(H,28,30). The van der Waals surface area contributed by atoms with E-state index in [1.807, 2.05) is 17.8 Å². The first-order chi connectivity index (χ1) is 15.1. The van der Waals surface area contributed by atoms with Gasteiger partial charge in [0.1, 0.15) is 5.82 Å². The fraction of sp³-hybridized carbons (Fsp3) is 0.731. The van der Waals surface area contributed by atoms with Gasteiger partial charge in [0.2, 0.25) is 0 Å². The van der Waals surface area contributed by atoms with Crippen LogP contribution in [0, 0.1) is 17.7 Å². The van der Waals surface area contributed by atoms with Crippen molar-refractivity contribution in [3.63, 3.8) is 0 Å². The van der Waals surface area contributed by atoms with Crippen LogP contribution in [0.2, 0.25) is 0 Å². The van der Waals surface area contributed by atoms with E-state index in [9.17, 15) is 4.39 Å². The van der Waals surface area contributed by atoms with Crippen molar-refractivity contribution in [2.45, 2.75) is 102 Å². The Labute approximate surface area is 199 Å². The number of thiocarbonyl (C=S) groups is 1. The molecule has 1 N–H and O–H groups in total. The van der Waals surface area contributed by atoms with Crippen LogP contribution in [-0.4, -0.2) is 27.2 Å². The quantitative estimate of drug-likeness (QED) is 0.426. The minimum atomic E-state index is -0.231. The van der Waals surface area contributed by atoms with E-state index in [0.717, 1.165) is 29.1 Å². The predicted octanol–water partition coefficient (Wildman–Crippen LogP) is 8.23. The van der Waals surface area contributed by atoms with Crippen LogP contribution in [0.25, 0.3) is 0 Å². The van der Waals surface area contributed by atoms with Crippen molar-refractivity contribution in [3.8, 4) is 0 Å². The maximum Gasteiger partial charge on any atom is 0.174 e. The van der Waals surface area contributed by atoms with Crippen LogP contribution in [-0.2, 0) is 0 Å². The van der Waals surface area contributed by atoms with Crippen molar-refractivity contribution in [2.24, 2.45) is 11.8 Å². The van der Waals surface area contributed by atoms with Gasteiger partial charge in [0.15, 0.2) is 5.11 Å². The topological polar surface area (TPSA) is 15.3 Å². The Morgan fingerprint density at radius 2 is 1.84 bits per heavy atom. The monoisotopic (exact) mass is 464 g/mol. The van der Waals surface area contributed by atoms with Crippen LogP contribution in [0.5, 0.6) is 0 Å². The maximum atomic E-state index is 13.6. The van der Waals surface area contributed by atoms with E-state index in [1.54, 1.807) is 6.07 Å². The van der Waals surface area contributed by atoms with Gasteiger partial charge in [-0.1, -0.05) is 77.2 Å². The van der Waals surface area contributed by atoms with Crippen LogP contribution in [0.1, 0.15) is 90.9 Å². The average molecular weight is 465 g/mol. The molecule has 1 saturated carbocycles. The van der Waals surface area contributed by atoms with Gasteiger partial charge >= 0.3 is 0 Å². The molecule has 2 fully saturated rings. The van der Waals surface area contributed by atoms with Crippen LogP contribution >= 0.6 is 24.0 Å². The highest BCUT2D eigenvalue weighted by molar-refractivity contribution is 7.99. The summed E-state index contributed by atoms with van der Waals surface area (Å²) in [5, 5.41) is 4.46. The molecule has 31 heavy (non-hydrogen) atoms. The van der Waals surface area contributed by atoms with Gasteiger partial charge in [-0.05, 0) is 67.8 Å². The Kier molecular flexibility index (Phi) is 10.4. The zero-order valence-corrected chi connectivity index (χ0v) is 21.1. The summed E-state index contributed by atoms with van der Waals surface area (Å²) in [5.41, 5.74) is 0.738. The molecule has 1 aromatic rings. The summed E-state index contributed by atoms with van der Waals surface area (Å²) in [4.78, 5) is 2.38. The molecule has 1 aliphatic heterocycles. The number of nitrogens with zero attached hydrogens (tertiary/aromatic N) is 1. The molecule has 0 amide bonds. The first-order valence-corrected chi connectivity index (χ1v) is 14.0. The average Bonchev–Trinajstić information content (AvgIpc) is 2.86. The number of hydrogen-bond donors (Lipinski definition) is 1. The molecule has 0 spiro atoms. The molecule has 4 unspecified atom stereocenters. The van der Waals surface area contributed by atoms with E-state index in [0.29, 0.717) is 11.4 Å². The minimum absolute atomic E-state index is 0.231. The van der Waals surface area contributed by atoms with Gasteiger partial charge in [0.05, 0.1) is 5.37 Å². The van der Waals surface area contributed by atoms with Crippen molar-refractivity contribution in [2.75, 3.05) is 11.1 Å². The number of thioether (sulfide) groups is 1. The first-order valence-electron chi connectivity index (χ1n) is 12.5. The van der Waals surface area contributed by atoms with Gasteiger partial charge in [-0.3, -0.25) is 0 Å². The Balaban J connectivity index is 1.50. The van der Waals surface area contributed by atoms with Crippen molar-refractivity contribution >= 4 is 34.8 Å². The minimum Gasteiger partial charge on any atom is -0.334 e. The first kappa shape index (κ1) is 24.8. The smallest absolute Gasteiger partial charge is 0.174 e. The van der Waals surface area contributed by atoms with Crippen LogP contribution in [0.3, 0.4) is 0 Å². The van der Waals surface area contributed by atoms with E-state index >= 15 is 0 Å². The molecule has 1 aliphatic carbocycles. The summed E-state index contributed by atoms with van der Waals surface area (Å²) < 4.78 is 13.6. The second-order valence-corrected chi connectivity index (χ2v) is 11.3. The summed E-state index contributed by atoms with van der Waals surface area (Å²) in [6.45, 7) is 4.64. The molecule has 174 valence electrons. The summed E-state index contributed by atoms with van der Waals surface area (Å²) in [7, 11) is 0. The van der Waals surface area contributed by atoms with E-state index in [1.165, 1.54) is 88.5 Å². The lowest BCUT2D eigenvalue weighted by atomic mass is 9.91. The molecule has 0 radical (unpaired) electrons. The number of rotatable bonds is 6. The molecular weight excluding hydrogens is 423 g/mol. The molecule has 1 aromatic carbocycles. The maximum absolute atomic E-state index is 13.6. The second kappa shape index (κ2) is 13.0. The van der Waals surface area contributed by atoms with E-state index in [4.69, 9.17) is 12.2 Å². The zero-order chi connectivity index (χ0) is 22.1. The van der Waals surface area contributed by atoms with Gasteiger partial charge < -0.3 is 10.2 Å². The fourth-order valence-electron chi connectivity index (χ4n) is 5.31. The van der Waals surface area contributed by atoms with Gasteiger partial charge in [-0.2, -0.15) is 0 Å². The summed E-state index contributed by atoms with van der Waals surface area (Å²) in [5.74, 6) is 2.85. The summed E-state index contributed by atoms with van der Waals surface area (Å²) in [6.07, 6.45) is 16.4. The molecule has 0 aromatic heterocycles. The molecule has 4 atom stereocenters. The SMILES string of the molecule is CCC1CCCCC(CCCC2SCCC(C)N2C(=S)Nc2cccc(F)c2)CCC1. The number of anilines is 1. The van der Waals surface area contributed by atoms with Gasteiger partial charge in [-0.25, -0.2) is 4.39 Å². The molecule has 5 heteroatoms. The van der Waals surface area contributed by atoms with Gasteiger partial charge in [0.25, 0.3) is 0 Å². The van der Waals surface area contributed by atoms with Crippen LogP contribution < -0.4 is 5.32 Å². The highest BCUT2D eigenvalue weighted by Gasteiger charge is 2.30. The Bertz CT molecular complexity index is 683. The largest absolute Gasteiger partial charge is 0.334 e. The molecule has 2 aliphatic rings. The molecule has 1 heterocycles. The van der Waals surface area contributed by atoms with Crippen molar-refractivity contribution < 1.29 is 4.39 Å². The molecular formula is C26H41FN2S2. The summed E-state index contributed by atoms with van der Waals surface area (Å²) >= 11 is 7.82. The van der Waals surface area contributed by atoms with Crippen molar-refractivity contribution in [1.82, 2.24) is 4.90 Å². The van der Waals surface area contributed by atoms with Gasteiger partial charge in [0, 0.05) is 11.7 Å². The lowest BCUT2D eigenvalue weighted by molar-refractivity contribution is 0.277. The van der Waals surface area contributed by atoms with Crippen LogP contribution in [0.15, 0.2) is 24.3 Å². The lowest BCUT2D eigenvalue weighted by Crippen LogP contribution is -2.49. The molecule has 1 saturated heterocycles. The fourth-order valence-corrected chi connectivity index (χ4v) is 7.36. The van der Waals surface area contributed by atoms with Gasteiger partial charge in [-0.15, -0.1) is 11.8 Å². The third kappa shape index (κ3) is 7.92. The second-order valence-electron chi connectivity index (χ2n) is 9.60. The highest BCUT2D eigenvalue weighted by Crippen LogP contribution is 2.34. The molecule has 2 nitrogen and oxygen atoms in total. The third-order valence-electron chi connectivity index (χ3n) is 7.28. The zero-order valence-electron chi connectivity index (χ0n) is 19.5. The normalized spacial score (nSPS) is 27.8. The summed E-state index contributed by atoms with van der Waals surface area (Å²) in [6, 6.07) is 7.02. The Hall–Kier alpha value is -0.810.